The summed E-state index contributed by atoms with van der Waals surface area (Å²) in [6, 6.07) is 0. The molecule has 210 valence electrons. The minimum absolute atomic E-state index is 0.0797. The van der Waals surface area contributed by atoms with Crippen LogP contribution >= 0.6 is 0 Å². The fourth-order valence-corrected chi connectivity index (χ4v) is 2.60. The Bertz CT molecular complexity index is 1190. The van der Waals surface area contributed by atoms with Gasteiger partial charge in [-0.25, -0.2) is 28.1 Å². The molecule has 0 fully saturated rings. The number of alkyl halides is 13. The molecule has 0 atom stereocenters. The molecule has 0 radical (unpaired) electrons. The zero-order valence-corrected chi connectivity index (χ0v) is 17.8. The standard InChI is InChI=1S/C18H14F13N3O3/c1-3-7-32-10(35)33(8-4-2)12(37)34(11(32)36)9-5-6-13(19,20)14(21,22)15(23,24)16(25,26)17(27,28)18(29,30)31/h3-6H,1-2,7-9H2/b6-5+. The van der Waals surface area contributed by atoms with Gasteiger partial charge in [0.25, 0.3) is 0 Å². The van der Waals surface area contributed by atoms with Gasteiger partial charge in [-0.15, -0.1) is 13.2 Å². The molecule has 19 heteroatoms. The Kier molecular flexibility index (Phi) is 8.48. The molecule has 0 aromatic carbocycles. The Morgan fingerprint density at radius 3 is 1.19 bits per heavy atom. The summed E-state index contributed by atoms with van der Waals surface area (Å²) in [6.07, 6.45) is -7.27. The van der Waals surface area contributed by atoms with Gasteiger partial charge in [0.1, 0.15) is 0 Å². The first-order valence-corrected chi connectivity index (χ1v) is 9.27. The molecule has 1 aromatic rings. The van der Waals surface area contributed by atoms with Gasteiger partial charge < -0.3 is 0 Å². The van der Waals surface area contributed by atoms with Crippen LogP contribution in [-0.2, 0) is 19.6 Å². The van der Waals surface area contributed by atoms with Crippen LogP contribution in [0, 0.1) is 0 Å². The average molecular weight is 567 g/mol. The molecule has 0 saturated heterocycles. The SMILES string of the molecule is C=CCn1c(=O)n(CC=C)c(=O)n(C/C=C/C(F)(F)C(F)(F)C(F)(F)C(F)(F)C(F)(F)C(F)(F)F)c1=O. The highest BCUT2D eigenvalue weighted by Crippen LogP contribution is 2.60. The van der Waals surface area contributed by atoms with Crippen LogP contribution < -0.4 is 17.1 Å². The minimum atomic E-state index is -8.06. The summed E-state index contributed by atoms with van der Waals surface area (Å²) in [5.74, 6) is -38.0. The Balaban J connectivity index is 3.57. The molecule has 37 heavy (non-hydrogen) atoms. The first-order chi connectivity index (χ1) is 16.5. The second-order valence-corrected chi connectivity index (χ2v) is 7.08. The van der Waals surface area contributed by atoms with E-state index in [0.717, 1.165) is 12.2 Å². The van der Waals surface area contributed by atoms with Crippen LogP contribution in [0.1, 0.15) is 0 Å². The lowest BCUT2D eigenvalue weighted by Crippen LogP contribution is -2.69. The second-order valence-electron chi connectivity index (χ2n) is 7.08. The molecule has 1 heterocycles. The van der Waals surface area contributed by atoms with Gasteiger partial charge in [0.05, 0.1) is 19.6 Å². The van der Waals surface area contributed by atoms with E-state index < -0.39 is 78.6 Å². The Morgan fingerprint density at radius 2 is 0.865 bits per heavy atom. The first-order valence-electron chi connectivity index (χ1n) is 9.27. The molecule has 1 aromatic heterocycles. The van der Waals surface area contributed by atoms with Crippen LogP contribution in [-0.4, -0.2) is 49.5 Å². The predicted molar refractivity (Wildman–Crippen MR) is 99.5 cm³/mol. The van der Waals surface area contributed by atoms with E-state index in [-0.39, 0.29) is 19.8 Å². The molecule has 0 unspecified atom stereocenters. The first kappa shape index (κ1) is 31.7. The van der Waals surface area contributed by atoms with E-state index in [0.29, 0.717) is 0 Å². The maximum Gasteiger partial charge on any atom is 0.460 e. The molecule has 0 amide bonds. The number of aromatic nitrogens is 3. The monoisotopic (exact) mass is 567 g/mol. The summed E-state index contributed by atoms with van der Waals surface area (Å²) in [4.78, 5) is 36.7. The van der Waals surface area contributed by atoms with E-state index in [1.807, 2.05) is 0 Å². The van der Waals surface area contributed by atoms with Crippen molar-refractivity contribution >= 4 is 0 Å². The highest BCUT2D eigenvalue weighted by molar-refractivity contribution is 5.15. The van der Waals surface area contributed by atoms with Crippen LogP contribution in [0.3, 0.4) is 0 Å². The van der Waals surface area contributed by atoms with Crippen LogP contribution in [0.5, 0.6) is 0 Å². The highest BCUT2D eigenvalue weighted by atomic mass is 19.4. The van der Waals surface area contributed by atoms with Crippen LogP contribution in [0.4, 0.5) is 57.1 Å². The summed E-state index contributed by atoms with van der Waals surface area (Å²) in [5.41, 5.74) is -4.38. The van der Waals surface area contributed by atoms with Crippen molar-refractivity contribution < 1.29 is 57.1 Å². The van der Waals surface area contributed by atoms with Gasteiger partial charge in [0.2, 0.25) is 0 Å². The maximum atomic E-state index is 13.9. The summed E-state index contributed by atoms with van der Waals surface area (Å²) in [7, 11) is 0. The van der Waals surface area contributed by atoms with E-state index in [1.54, 1.807) is 0 Å². The molecule has 1 rings (SSSR count). The summed E-state index contributed by atoms with van der Waals surface area (Å²) in [5, 5.41) is 0. The second kappa shape index (κ2) is 9.88. The molecular weight excluding hydrogens is 553 g/mol. The summed E-state index contributed by atoms with van der Waals surface area (Å²) in [6.45, 7) is 3.72. The van der Waals surface area contributed by atoms with Gasteiger partial charge in [0, 0.05) is 0 Å². The van der Waals surface area contributed by atoms with Gasteiger partial charge in [-0.2, -0.15) is 57.1 Å². The zero-order valence-electron chi connectivity index (χ0n) is 17.8. The number of hydrogen-bond donors (Lipinski definition) is 0. The van der Waals surface area contributed by atoms with E-state index in [4.69, 9.17) is 0 Å². The summed E-state index contributed by atoms with van der Waals surface area (Å²) >= 11 is 0. The van der Waals surface area contributed by atoms with E-state index >= 15 is 0 Å². The molecule has 0 aliphatic heterocycles. The zero-order chi connectivity index (χ0) is 29.4. The molecule has 6 nitrogen and oxygen atoms in total. The van der Waals surface area contributed by atoms with Crippen molar-refractivity contribution in [1.29, 1.82) is 0 Å². The quantitative estimate of drug-likeness (QED) is 0.302. The van der Waals surface area contributed by atoms with Crippen molar-refractivity contribution in [3.8, 4) is 0 Å². The number of nitrogens with zero attached hydrogens (tertiary/aromatic N) is 3. The van der Waals surface area contributed by atoms with E-state index in [9.17, 15) is 71.5 Å². The third-order valence-electron chi connectivity index (χ3n) is 4.58. The lowest BCUT2D eigenvalue weighted by molar-refractivity contribution is -0.436. The maximum absolute atomic E-state index is 13.9. The van der Waals surface area contributed by atoms with E-state index in [1.165, 1.54) is 0 Å². The number of halogens is 13. The predicted octanol–water partition coefficient (Wildman–Crippen LogP) is 3.84. The highest BCUT2D eigenvalue weighted by Gasteiger charge is 2.90. The topological polar surface area (TPSA) is 66.0 Å². The van der Waals surface area contributed by atoms with Crippen LogP contribution in [0.25, 0.3) is 0 Å². The van der Waals surface area contributed by atoms with Gasteiger partial charge >= 0.3 is 52.9 Å². The Morgan fingerprint density at radius 1 is 0.541 bits per heavy atom. The molecule has 0 bridgehead atoms. The van der Waals surface area contributed by atoms with Gasteiger partial charge in [-0.1, -0.05) is 18.2 Å². The van der Waals surface area contributed by atoms with Crippen molar-refractivity contribution in [3.63, 3.8) is 0 Å². The fraction of sp³-hybridized carbons (Fsp3) is 0.500. The molecule has 0 saturated carbocycles. The molecule has 0 spiro atoms. The third-order valence-corrected chi connectivity index (χ3v) is 4.58. The minimum Gasteiger partial charge on any atom is -0.247 e. The van der Waals surface area contributed by atoms with Crippen molar-refractivity contribution in [2.45, 2.75) is 55.4 Å². The lowest BCUT2D eigenvalue weighted by atomic mass is 9.94. The Hall–Kier alpha value is -3.28. The fourth-order valence-electron chi connectivity index (χ4n) is 2.60. The van der Waals surface area contributed by atoms with Crippen LogP contribution in [0.2, 0.25) is 0 Å². The van der Waals surface area contributed by atoms with Crippen LogP contribution in [0.15, 0.2) is 51.8 Å². The molecule has 0 aliphatic rings. The van der Waals surface area contributed by atoms with Crippen molar-refractivity contribution in [3.05, 3.63) is 68.9 Å². The van der Waals surface area contributed by atoms with Gasteiger partial charge in [0.15, 0.2) is 0 Å². The smallest absolute Gasteiger partial charge is 0.247 e. The largest absolute Gasteiger partial charge is 0.460 e. The van der Waals surface area contributed by atoms with Gasteiger partial charge in [-0.3, -0.25) is 0 Å². The molecular formula is C18H14F13N3O3. The van der Waals surface area contributed by atoms with Crippen molar-refractivity contribution in [2.75, 3.05) is 0 Å². The third kappa shape index (κ3) is 4.98. The Labute approximate surface area is 196 Å². The normalized spacial score (nSPS) is 14.3. The number of hydrogen-bond acceptors (Lipinski definition) is 3. The van der Waals surface area contributed by atoms with E-state index in [2.05, 4.69) is 13.2 Å². The average Bonchev–Trinajstić information content (AvgIpc) is 2.75. The van der Waals surface area contributed by atoms with Gasteiger partial charge in [-0.05, 0) is 6.08 Å². The lowest BCUT2D eigenvalue weighted by Gasteiger charge is -2.39. The van der Waals surface area contributed by atoms with Crippen molar-refractivity contribution in [2.24, 2.45) is 0 Å². The van der Waals surface area contributed by atoms with Crippen molar-refractivity contribution in [1.82, 2.24) is 13.7 Å². The summed E-state index contributed by atoms with van der Waals surface area (Å²) < 4.78 is 171. The molecule has 0 N–H and O–H groups in total. The number of rotatable bonds is 11. The molecule has 0 aliphatic carbocycles. The number of allylic oxidation sites excluding steroid dienone is 4.